The van der Waals surface area contributed by atoms with Crippen molar-refractivity contribution < 1.29 is 4.79 Å². The lowest BCUT2D eigenvalue weighted by Gasteiger charge is -2.15. The molecule has 8 nitrogen and oxygen atoms in total. The summed E-state index contributed by atoms with van der Waals surface area (Å²) >= 11 is 0. The van der Waals surface area contributed by atoms with Gasteiger partial charge < -0.3 is 20.9 Å². The van der Waals surface area contributed by atoms with E-state index in [4.69, 9.17) is 0 Å². The Morgan fingerprint density at radius 3 is 2.38 bits per heavy atom. The second-order valence-electron chi connectivity index (χ2n) is 8.85. The van der Waals surface area contributed by atoms with Crippen molar-refractivity contribution in [2.45, 2.75) is 6.92 Å². The minimum absolute atomic E-state index is 0.225. The highest BCUT2D eigenvalue weighted by Gasteiger charge is 2.10. The maximum Gasteiger partial charge on any atom is 0.255 e. The fourth-order valence-corrected chi connectivity index (χ4v) is 3.97. The average Bonchev–Trinajstić information content (AvgIpc) is 2.89. The molecule has 3 heterocycles. The molecule has 0 bridgehead atoms. The van der Waals surface area contributed by atoms with E-state index in [-0.39, 0.29) is 5.91 Å². The number of aromatic nitrogens is 3. The van der Waals surface area contributed by atoms with Crippen LogP contribution in [-0.2, 0) is 0 Å². The molecule has 0 saturated heterocycles. The van der Waals surface area contributed by atoms with Gasteiger partial charge in [-0.15, -0.1) is 0 Å². The van der Waals surface area contributed by atoms with E-state index in [9.17, 15) is 4.79 Å². The fourth-order valence-electron chi connectivity index (χ4n) is 3.97. The van der Waals surface area contributed by atoms with Crippen molar-refractivity contribution in [3.05, 3.63) is 103 Å². The molecule has 0 radical (unpaired) electrons. The molecule has 184 valence electrons. The van der Waals surface area contributed by atoms with Gasteiger partial charge in [0.05, 0.1) is 11.2 Å². The number of carbonyl (C=O) groups is 1. The van der Waals surface area contributed by atoms with Crippen LogP contribution in [0.4, 0.5) is 34.3 Å². The van der Waals surface area contributed by atoms with Crippen LogP contribution in [0.5, 0.6) is 0 Å². The minimum Gasteiger partial charge on any atom is -0.378 e. The molecule has 1 amide bonds. The number of pyridine rings is 3. The van der Waals surface area contributed by atoms with Crippen molar-refractivity contribution in [3.63, 3.8) is 0 Å². The number of rotatable bonds is 7. The summed E-state index contributed by atoms with van der Waals surface area (Å²) in [5.41, 5.74) is 6.71. The third-order valence-corrected chi connectivity index (χ3v) is 5.83. The zero-order valence-electron chi connectivity index (χ0n) is 20.9. The van der Waals surface area contributed by atoms with Gasteiger partial charge in [0, 0.05) is 72.1 Å². The number of carbonyl (C=O) groups excluding carboxylic acids is 1. The molecule has 3 aromatic heterocycles. The van der Waals surface area contributed by atoms with Crippen molar-refractivity contribution in [1.82, 2.24) is 15.0 Å². The minimum atomic E-state index is -0.225. The summed E-state index contributed by atoms with van der Waals surface area (Å²) < 4.78 is 0. The van der Waals surface area contributed by atoms with Crippen molar-refractivity contribution in [1.29, 1.82) is 0 Å². The van der Waals surface area contributed by atoms with Crippen LogP contribution >= 0.6 is 0 Å². The van der Waals surface area contributed by atoms with Gasteiger partial charge in [0.25, 0.3) is 5.91 Å². The van der Waals surface area contributed by atoms with Crippen LogP contribution in [-0.4, -0.2) is 35.0 Å². The largest absolute Gasteiger partial charge is 0.378 e. The van der Waals surface area contributed by atoms with Crippen LogP contribution in [0.3, 0.4) is 0 Å². The Labute approximate surface area is 215 Å². The van der Waals surface area contributed by atoms with Gasteiger partial charge in [-0.05, 0) is 73.7 Å². The lowest BCUT2D eigenvalue weighted by Crippen LogP contribution is -2.12. The molecule has 8 heteroatoms. The molecule has 0 aliphatic carbocycles. The zero-order valence-corrected chi connectivity index (χ0v) is 20.9. The molecule has 2 aromatic carbocycles. The molecule has 0 aliphatic rings. The first-order chi connectivity index (χ1) is 17.9. The summed E-state index contributed by atoms with van der Waals surface area (Å²) in [5.74, 6) is 0.343. The molecule has 0 unspecified atom stereocenters. The summed E-state index contributed by atoms with van der Waals surface area (Å²) in [4.78, 5) is 28.2. The molecule has 0 atom stereocenters. The predicted octanol–water partition coefficient (Wildman–Crippen LogP) is 6.14. The summed E-state index contributed by atoms with van der Waals surface area (Å²) in [6.45, 7) is 1.94. The Morgan fingerprint density at radius 2 is 1.54 bits per heavy atom. The lowest BCUT2D eigenvalue weighted by molar-refractivity contribution is 0.102. The van der Waals surface area contributed by atoms with Crippen molar-refractivity contribution in [3.8, 4) is 0 Å². The highest BCUT2D eigenvalue weighted by molar-refractivity contribution is 6.05. The number of nitrogens with zero attached hydrogens (tertiary/aromatic N) is 4. The molecule has 0 saturated carbocycles. The summed E-state index contributed by atoms with van der Waals surface area (Å²) in [5, 5.41) is 10.6. The second kappa shape index (κ2) is 10.3. The van der Waals surface area contributed by atoms with E-state index in [1.807, 2.05) is 80.5 Å². The van der Waals surface area contributed by atoms with Crippen LogP contribution in [0.2, 0.25) is 0 Å². The topological polar surface area (TPSA) is 95.1 Å². The van der Waals surface area contributed by atoms with Crippen LogP contribution in [0.25, 0.3) is 10.9 Å². The molecular weight excluding hydrogens is 462 g/mol. The summed E-state index contributed by atoms with van der Waals surface area (Å²) in [7, 11) is 4.00. The van der Waals surface area contributed by atoms with Gasteiger partial charge in [-0.25, -0.2) is 4.98 Å². The highest BCUT2D eigenvalue weighted by atomic mass is 16.1. The average molecular weight is 490 g/mol. The first-order valence-corrected chi connectivity index (χ1v) is 11.8. The highest BCUT2D eigenvalue weighted by Crippen LogP contribution is 2.28. The summed E-state index contributed by atoms with van der Waals surface area (Å²) in [6.07, 6.45) is 5.13. The third kappa shape index (κ3) is 5.65. The van der Waals surface area contributed by atoms with E-state index < -0.39 is 0 Å². The normalized spacial score (nSPS) is 10.7. The van der Waals surface area contributed by atoms with Gasteiger partial charge in [0.2, 0.25) is 0 Å². The molecule has 0 spiro atoms. The molecule has 37 heavy (non-hydrogen) atoms. The Balaban J connectivity index is 1.33. The lowest BCUT2D eigenvalue weighted by atomic mass is 10.1. The Hall–Kier alpha value is -4.98. The van der Waals surface area contributed by atoms with Gasteiger partial charge in [0.1, 0.15) is 5.82 Å². The monoisotopic (exact) mass is 489 g/mol. The number of hydrogen-bond acceptors (Lipinski definition) is 7. The van der Waals surface area contributed by atoms with E-state index in [0.717, 1.165) is 39.3 Å². The van der Waals surface area contributed by atoms with Crippen LogP contribution in [0, 0.1) is 6.92 Å². The van der Waals surface area contributed by atoms with Crippen molar-refractivity contribution in [2.75, 3.05) is 34.9 Å². The summed E-state index contributed by atoms with van der Waals surface area (Å²) in [6, 6.07) is 22.9. The van der Waals surface area contributed by atoms with E-state index in [2.05, 4.69) is 37.0 Å². The number of hydrogen-bond donors (Lipinski definition) is 3. The number of amides is 1. The van der Waals surface area contributed by atoms with Gasteiger partial charge in [-0.1, -0.05) is 6.07 Å². The number of anilines is 6. The smallest absolute Gasteiger partial charge is 0.255 e. The van der Waals surface area contributed by atoms with Crippen LogP contribution in [0.15, 0.2) is 91.4 Å². The molecular formula is C29H27N7O. The molecule has 5 aromatic rings. The first-order valence-electron chi connectivity index (χ1n) is 11.8. The number of benzene rings is 2. The van der Waals surface area contributed by atoms with Gasteiger partial charge >= 0.3 is 0 Å². The van der Waals surface area contributed by atoms with Gasteiger partial charge in [-0.2, -0.15) is 0 Å². The number of aryl methyl sites for hydroxylation is 1. The maximum absolute atomic E-state index is 13.1. The van der Waals surface area contributed by atoms with E-state index in [1.165, 1.54) is 0 Å². The maximum atomic E-state index is 13.1. The Kier molecular flexibility index (Phi) is 6.63. The Morgan fingerprint density at radius 1 is 0.757 bits per heavy atom. The third-order valence-electron chi connectivity index (χ3n) is 5.83. The number of nitrogens with one attached hydrogen (secondary N) is 3. The van der Waals surface area contributed by atoms with E-state index >= 15 is 0 Å². The Bertz CT molecular complexity index is 1580. The quantitative estimate of drug-likeness (QED) is 0.253. The second-order valence-corrected chi connectivity index (χ2v) is 8.85. The molecule has 0 aliphatic heterocycles. The fraction of sp³-hybridized carbons (Fsp3) is 0.103. The first kappa shape index (κ1) is 23.7. The van der Waals surface area contributed by atoms with Crippen LogP contribution < -0.4 is 20.9 Å². The van der Waals surface area contributed by atoms with Crippen molar-refractivity contribution >= 4 is 51.1 Å². The van der Waals surface area contributed by atoms with E-state index in [0.29, 0.717) is 17.1 Å². The number of fused-ring (bicyclic) bond motifs is 1. The van der Waals surface area contributed by atoms with Gasteiger partial charge in [-0.3, -0.25) is 14.8 Å². The zero-order chi connectivity index (χ0) is 25.8. The van der Waals surface area contributed by atoms with Gasteiger partial charge in [0.15, 0.2) is 0 Å². The predicted molar refractivity (Wildman–Crippen MR) is 150 cm³/mol. The molecule has 0 fully saturated rings. The van der Waals surface area contributed by atoms with E-state index in [1.54, 1.807) is 30.7 Å². The standard InChI is InChI=1S/C29H27N7O/c1-19-15-23(10-13-30-19)33-21-5-4-6-22(17-21)34-29(37)20-9-12-32-28(16-20)35-27-11-14-31-26-8-7-24(36(2)3)18-25(26)27/h4-18H,1-3H3,(H,30,33)(H,34,37)(H,31,32,35). The van der Waals surface area contributed by atoms with Crippen molar-refractivity contribution in [2.24, 2.45) is 0 Å². The SMILES string of the molecule is Cc1cc(Nc2cccc(NC(=O)c3ccnc(Nc4ccnc5ccc(N(C)C)cc45)c3)c2)ccn1. The molecule has 3 N–H and O–H groups in total. The van der Waals surface area contributed by atoms with Crippen LogP contribution in [0.1, 0.15) is 16.1 Å². The molecule has 5 rings (SSSR count).